The Hall–Kier alpha value is -3.22. The molecule has 0 fully saturated rings. The van der Waals surface area contributed by atoms with Gasteiger partial charge < -0.3 is 24.3 Å². The van der Waals surface area contributed by atoms with E-state index in [2.05, 4.69) is 5.32 Å². The second kappa shape index (κ2) is 8.65. The monoisotopic (exact) mass is 385 g/mol. The van der Waals surface area contributed by atoms with Gasteiger partial charge in [0.05, 0.1) is 11.7 Å². The standard InChI is InChI=1S/C21H23NO6/c1-13(2)27-17-7-4-15(5-8-17)21(24)28-14(3)20(23)22-16-6-9-18-19(12-16)26-11-10-25-18/h4-9,12-14H,10-11H2,1-3H3,(H,22,23)/t14-/m1/s1. The van der Waals surface area contributed by atoms with E-state index in [-0.39, 0.29) is 6.10 Å². The maximum atomic E-state index is 12.3. The van der Waals surface area contributed by atoms with Crippen LogP contribution in [-0.4, -0.2) is 37.3 Å². The molecule has 0 saturated carbocycles. The Labute approximate surface area is 163 Å². The molecule has 0 aromatic heterocycles. The van der Waals surface area contributed by atoms with Gasteiger partial charge in [-0.2, -0.15) is 0 Å². The molecule has 1 aliphatic heterocycles. The molecule has 0 saturated heterocycles. The van der Waals surface area contributed by atoms with Crippen molar-refractivity contribution in [3.8, 4) is 17.2 Å². The summed E-state index contributed by atoms with van der Waals surface area (Å²) < 4.78 is 21.7. The van der Waals surface area contributed by atoms with Gasteiger partial charge in [0.25, 0.3) is 5.91 Å². The summed E-state index contributed by atoms with van der Waals surface area (Å²) in [6.07, 6.45) is -0.922. The largest absolute Gasteiger partial charge is 0.491 e. The van der Waals surface area contributed by atoms with Crippen molar-refractivity contribution in [2.45, 2.75) is 33.0 Å². The van der Waals surface area contributed by atoms with E-state index in [9.17, 15) is 9.59 Å². The Morgan fingerprint density at radius 3 is 2.32 bits per heavy atom. The van der Waals surface area contributed by atoms with Gasteiger partial charge in [0.1, 0.15) is 19.0 Å². The molecule has 0 aliphatic carbocycles. The zero-order chi connectivity index (χ0) is 20.1. The minimum Gasteiger partial charge on any atom is -0.491 e. The molecule has 3 rings (SSSR count). The quantitative estimate of drug-likeness (QED) is 0.767. The van der Waals surface area contributed by atoms with Crippen LogP contribution in [0.4, 0.5) is 5.69 Å². The summed E-state index contributed by atoms with van der Waals surface area (Å²) in [6, 6.07) is 11.7. The van der Waals surface area contributed by atoms with Crippen LogP contribution < -0.4 is 19.5 Å². The zero-order valence-corrected chi connectivity index (χ0v) is 16.1. The molecule has 1 amide bonds. The highest BCUT2D eigenvalue weighted by Crippen LogP contribution is 2.32. The first-order valence-electron chi connectivity index (χ1n) is 9.10. The maximum Gasteiger partial charge on any atom is 0.338 e. The summed E-state index contributed by atoms with van der Waals surface area (Å²) in [5.74, 6) is 0.840. The molecule has 1 N–H and O–H groups in total. The van der Waals surface area contributed by atoms with E-state index < -0.39 is 18.0 Å². The number of carbonyl (C=O) groups is 2. The van der Waals surface area contributed by atoms with E-state index in [1.807, 2.05) is 13.8 Å². The van der Waals surface area contributed by atoms with Crippen molar-refractivity contribution in [2.75, 3.05) is 18.5 Å². The summed E-state index contributed by atoms with van der Waals surface area (Å²) in [5.41, 5.74) is 0.877. The van der Waals surface area contributed by atoms with Crippen LogP contribution in [0.5, 0.6) is 17.2 Å². The van der Waals surface area contributed by atoms with Gasteiger partial charge in [-0.3, -0.25) is 4.79 Å². The normalized spacial score (nSPS) is 13.6. The van der Waals surface area contributed by atoms with E-state index in [4.69, 9.17) is 18.9 Å². The second-order valence-corrected chi connectivity index (χ2v) is 6.59. The molecule has 2 aromatic carbocycles. The van der Waals surface area contributed by atoms with Gasteiger partial charge in [-0.25, -0.2) is 4.79 Å². The Morgan fingerprint density at radius 1 is 0.964 bits per heavy atom. The van der Waals surface area contributed by atoms with Gasteiger partial charge in [-0.1, -0.05) is 0 Å². The Balaban J connectivity index is 1.57. The third kappa shape index (κ3) is 4.94. The van der Waals surface area contributed by atoms with Crippen molar-refractivity contribution in [3.63, 3.8) is 0 Å². The van der Waals surface area contributed by atoms with Gasteiger partial charge in [0.15, 0.2) is 17.6 Å². The molecule has 0 spiro atoms. The molecule has 2 aromatic rings. The maximum absolute atomic E-state index is 12.3. The molecule has 1 aliphatic rings. The lowest BCUT2D eigenvalue weighted by molar-refractivity contribution is -0.123. The Bertz CT molecular complexity index is 846. The smallest absolute Gasteiger partial charge is 0.338 e. The fourth-order valence-electron chi connectivity index (χ4n) is 2.59. The fourth-order valence-corrected chi connectivity index (χ4v) is 2.59. The highest BCUT2D eigenvalue weighted by Gasteiger charge is 2.20. The fraction of sp³-hybridized carbons (Fsp3) is 0.333. The third-order valence-corrected chi connectivity index (χ3v) is 3.92. The predicted octanol–water partition coefficient (Wildman–Crippen LogP) is 3.43. The summed E-state index contributed by atoms with van der Waals surface area (Å²) in [6.45, 7) is 6.31. The van der Waals surface area contributed by atoms with Gasteiger partial charge >= 0.3 is 5.97 Å². The number of anilines is 1. The van der Waals surface area contributed by atoms with Crippen molar-refractivity contribution < 1.29 is 28.5 Å². The lowest BCUT2D eigenvalue weighted by Gasteiger charge is -2.19. The zero-order valence-electron chi connectivity index (χ0n) is 16.1. The summed E-state index contributed by atoms with van der Waals surface area (Å²) in [7, 11) is 0. The first kappa shape index (κ1) is 19.5. The molecule has 148 valence electrons. The number of hydrogen-bond acceptors (Lipinski definition) is 6. The highest BCUT2D eigenvalue weighted by atomic mass is 16.6. The van der Waals surface area contributed by atoms with Crippen LogP contribution in [0.15, 0.2) is 42.5 Å². The number of benzene rings is 2. The van der Waals surface area contributed by atoms with Crippen LogP contribution in [0, 0.1) is 0 Å². The molecule has 1 atom stereocenters. The van der Waals surface area contributed by atoms with Gasteiger partial charge in [0, 0.05) is 11.8 Å². The number of fused-ring (bicyclic) bond motifs is 1. The molecule has 0 bridgehead atoms. The van der Waals surface area contributed by atoms with Gasteiger partial charge in [0.2, 0.25) is 0 Å². The average molecular weight is 385 g/mol. The van der Waals surface area contributed by atoms with E-state index in [1.165, 1.54) is 6.92 Å². The summed E-state index contributed by atoms with van der Waals surface area (Å²) in [5, 5.41) is 2.71. The van der Waals surface area contributed by atoms with Crippen molar-refractivity contribution in [3.05, 3.63) is 48.0 Å². The first-order valence-corrected chi connectivity index (χ1v) is 9.10. The van der Waals surface area contributed by atoms with E-state index in [1.54, 1.807) is 42.5 Å². The van der Waals surface area contributed by atoms with E-state index in [0.717, 1.165) is 0 Å². The third-order valence-electron chi connectivity index (χ3n) is 3.92. The van der Waals surface area contributed by atoms with Gasteiger partial charge in [-0.05, 0) is 57.2 Å². The minimum absolute atomic E-state index is 0.0436. The van der Waals surface area contributed by atoms with Crippen LogP contribution in [0.25, 0.3) is 0 Å². The molecule has 0 unspecified atom stereocenters. The average Bonchev–Trinajstić information content (AvgIpc) is 2.67. The minimum atomic E-state index is -0.965. The van der Waals surface area contributed by atoms with E-state index >= 15 is 0 Å². The number of carbonyl (C=O) groups excluding carboxylic acids is 2. The number of hydrogen-bond donors (Lipinski definition) is 1. The number of rotatable bonds is 6. The number of amides is 1. The van der Waals surface area contributed by atoms with Crippen LogP contribution in [-0.2, 0) is 9.53 Å². The predicted molar refractivity (Wildman–Crippen MR) is 103 cm³/mol. The van der Waals surface area contributed by atoms with Gasteiger partial charge in [-0.15, -0.1) is 0 Å². The highest BCUT2D eigenvalue weighted by molar-refractivity contribution is 5.97. The Morgan fingerprint density at radius 2 is 1.64 bits per heavy atom. The van der Waals surface area contributed by atoms with Crippen LogP contribution >= 0.6 is 0 Å². The molecule has 28 heavy (non-hydrogen) atoms. The molecule has 0 radical (unpaired) electrons. The number of nitrogens with one attached hydrogen (secondary N) is 1. The molecule has 1 heterocycles. The lowest BCUT2D eigenvalue weighted by atomic mass is 10.2. The lowest BCUT2D eigenvalue weighted by Crippen LogP contribution is -2.30. The molecule has 7 nitrogen and oxygen atoms in total. The Kier molecular flexibility index (Phi) is 6.03. The van der Waals surface area contributed by atoms with Crippen LogP contribution in [0.3, 0.4) is 0 Å². The first-order chi connectivity index (χ1) is 13.4. The van der Waals surface area contributed by atoms with Crippen molar-refractivity contribution in [2.24, 2.45) is 0 Å². The second-order valence-electron chi connectivity index (χ2n) is 6.59. The van der Waals surface area contributed by atoms with Crippen LogP contribution in [0.2, 0.25) is 0 Å². The van der Waals surface area contributed by atoms with Crippen molar-refractivity contribution in [1.29, 1.82) is 0 Å². The number of esters is 1. The van der Waals surface area contributed by atoms with Crippen LogP contribution in [0.1, 0.15) is 31.1 Å². The van der Waals surface area contributed by atoms with Crippen molar-refractivity contribution >= 4 is 17.6 Å². The molecular weight excluding hydrogens is 362 g/mol. The number of ether oxygens (including phenoxy) is 4. The molecular formula is C21H23NO6. The summed E-state index contributed by atoms with van der Waals surface area (Å²) >= 11 is 0. The SMILES string of the molecule is CC(C)Oc1ccc(C(=O)O[C@H](C)C(=O)Nc2ccc3c(c2)OCCO3)cc1. The topological polar surface area (TPSA) is 83.1 Å². The van der Waals surface area contributed by atoms with E-state index in [0.29, 0.717) is 41.7 Å². The summed E-state index contributed by atoms with van der Waals surface area (Å²) in [4.78, 5) is 24.6. The molecule has 7 heteroatoms. The van der Waals surface area contributed by atoms with Crippen molar-refractivity contribution in [1.82, 2.24) is 0 Å².